The molecule has 0 nitrogen and oxygen atoms in total. The lowest BCUT2D eigenvalue weighted by Crippen LogP contribution is -1.88. The molecule has 1 aromatic carbocycles. The number of rotatable bonds is 1. The van der Waals surface area contributed by atoms with Crippen LogP contribution in [0.3, 0.4) is 0 Å². The minimum absolute atomic E-state index is 0.203. The fraction of sp³-hybridized carbons (Fsp3) is 0.143. The molecule has 0 aliphatic carbocycles. The first kappa shape index (κ1) is 9.92. The van der Waals surface area contributed by atoms with E-state index in [1.165, 1.54) is 12.1 Å². The maximum Gasteiger partial charge on any atom is 0.125 e. The third-order valence-electron chi connectivity index (χ3n) is 1.24. The maximum atomic E-state index is 12.7. The largest absolute Gasteiger partial charge is 0.207 e. The minimum atomic E-state index is -0.203. The molecule has 60 valence electrons. The van der Waals surface area contributed by atoms with E-state index in [4.69, 9.17) is 0 Å². The predicted molar refractivity (Wildman–Crippen MR) is 59.4 cm³/mol. The summed E-state index contributed by atoms with van der Waals surface area (Å²) in [5.74, 6) is -0.203. The van der Waals surface area contributed by atoms with Gasteiger partial charge in [-0.15, -0.1) is 0 Å². The second-order valence-electron chi connectivity index (χ2n) is 1.98. The van der Waals surface area contributed by atoms with E-state index in [-0.39, 0.29) is 5.82 Å². The van der Waals surface area contributed by atoms with Crippen LogP contribution in [0.15, 0.2) is 16.6 Å². The Morgan fingerprint density at radius 3 is 2.55 bits per heavy atom. The monoisotopic (exact) mass is 392 g/mol. The van der Waals surface area contributed by atoms with E-state index in [1.54, 1.807) is 0 Å². The number of hydrogen-bond acceptors (Lipinski definition) is 0. The number of halogens is 4. The van der Waals surface area contributed by atoms with Gasteiger partial charge in [-0.1, -0.05) is 31.9 Å². The molecule has 0 aromatic heterocycles. The molecule has 0 saturated heterocycles. The molecule has 0 radical (unpaired) electrons. The smallest absolute Gasteiger partial charge is 0.125 e. The van der Waals surface area contributed by atoms with E-state index < -0.39 is 0 Å². The first-order valence-electron chi connectivity index (χ1n) is 2.84. The molecule has 0 aliphatic heterocycles. The van der Waals surface area contributed by atoms with Crippen LogP contribution in [0.4, 0.5) is 4.39 Å². The highest BCUT2D eigenvalue weighted by atomic mass is 127. The Morgan fingerprint density at radius 1 is 1.45 bits per heavy atom. The van der Waals surface area contributed by atoms with Gasteiger partial charge in [0.1, 0.15) is 5.82 Å². The highest BCUT2D eigenvalue weighted by Crippen LogP contribution is 2.25. The molecule has 0 heterocycles. The fourth-order valence-corrected chi connectivity index (χ4v) is 3.93. The predicted octanol–water partition coefficient (Wildman–Crippen LogP) is 4.09. The van der Waals surface area contributed by atoms with Gasteiger partial charge in [0.15, 0.2) is 0 Å². The van der Waals surface area contributed by atoms with E-state index in [2.05, 4.69) is 54.5 Å². The van der Waals surface area contributed by atoms with Gasteiger partial charge in [-0.25, -0.2) is 4.39 Å². The summed E-state index contributed by atoms with van der Waals surface area (Å²) < 4.78 is 14.4. The zero-order chi connectivity index (χ0) is 8.43. The number of alkyl halides is 1. The van der Waals surface area contributed by atoms with Gasteiger partial charge in [0, 0.05) is 13.4 Å². The summed E-state index contributed by atoms with van der Waals surface area (Å²) in [5, 5.41) is 0.742. The molecule has 0 aliphatic rings. The van der Waals surface area contributed by atoms with Gasteiger partial charge >= 0.3 is 0 Å². The molecular weight excluding hydrogens is 390 g/mol. The lowest BCUT2D eigenvalue weighted by atomic mass is 10.2. The zero-order valence-electron chi connectivity index (χ0n) is 5.37. The van der Waals surface area contributed by atoms with Crippen LogP contribution in [0.2, 0.25) is 0 Å². The Kier molecular flexibility index (Phi) is 3.77. The molecule has 1 rings (SSSR count). The zero-order valence-corrected chi connectivity index (χ0v) is 10.7. The van der Waals surface area contributed by atoms with Crippen LogP contribution in [0, 0.1) is 9.39 Å². The average Bonchev–Trinajstić information content (AvgIpc) is 1.85. The minimum Gasteiger partial charge on any atom is -0.207 e. The summed E-state index contributed by atoms with van der Waals surface area (Å²) in [5.41, 5.74) is 1.09. The molecule has 0 fully saturated rings. The van der Waals surface area contributed by atoms with Gasteiger partial charge in [-0.3, -0.25) is 0 Å². The summed E-state index contributed by atoms with van der Waals surface area (Å²) in [6.07, 6.45) is 0. The van der Waals surface area contributed by atoms with Gasteiger partial charge in [0.2, 0.25) is 0 Å². The molecule has 0 amide bonds. The normalized spacial score (nSPS) is 10.2. The van der Waals surface area contributed by atoms with Crippen LogP contribution in [0.1, 0.15) is 5.56 Å². The van der Waals surface area contributed by atoms with Crippen molar-refractivity contribution >= 4 is 54.5 Å². The molecular formula is C7H4Br2FI. The van der Waals surface area contributed by atoms with Gasteiger partial charge in [0.25, 0.3) is 0 Å². The van der Waals surface area contributed by atoms with Crippen molar-refractivity contribution in [2.24, 2.45) is 0 Å². The Bertz CT molecular complexity index is 252. The standard InChI is InChI=1S/C7H4Br2FI/c8-3-5-6(9)1-4(10)2-7(5)11/h1-2H,3H2. The van der Waals surface area contributed by atoms with Crippen LogP contribution in [-0.2, 0) is 5.33 Å². The highest BCUT2D eigenvalue weighted by molar-refractivity contribution is 14.1. The molecule has 0 atom stereocenters. The third-order valence-corrected chi connectivity index (χ3v) is 3.47. The van der Waals surface area contributed by atoms with Crippen LogP contribution in [-0.4, -0.2) is 0 Å². The first-order valence-corrected chi connectivity index (χ1v) is 5.84. The molecule has 0 N–H and O–H groups in total. The SMILES string of the molecule is Fc1cc(Br)c(CBr)c(I)c1. The number of hydrogen-bond donors (Lipinski definition) is 0. The van der Waals surface area contributed by atoms with E-state index in [0.29, 0.717) is 0 Å². The van der Waals surface area contributed by atoms with Crippen LogP contribution in [0.25, 0.3) is 0 Å². The van der Waals surface area contributed by atoms with Crippen molar-refractivity contribution < 1.29 is 4.39 Å². The van der Waals surface area contributed by atoms with E-state index >= 15 is 0 Å². The van der Waals surface area contributed by atoms with Crippen molar-refractivity contribution in [2.45, 2.75) is 5.33 Å². The topological polar surface area (TPSA) is 0 Å². The number of benzene rings is 1. The summed E-state index contributed by atoms with van der Waals surface area (Å²) in [6, 6.07) is 2.99. The van der Waals surface area contributed by atoms with Crippen molar-refractivity contribution in [3.63, 3.8) is 0 Å². The van der Waals surface area contributed by atoms with E-state index in [9.17, 15) is 4.39 Å². The second kappa shape index (κ2) is 4.18. The molecule has 0 bridgehead atoms. The Labute approximate surface area is 95.0 Å². The fourth-order valence-electron chi connectivity index (χ4n) is 0.700. The van der Waals surface area contributed by atoms with E-state index in [1.807, 2.05) is 0 Å². The summed E-state index contributed by atoms with van der Waals surface area (Å²) in [7, 11) is 0. The van der Waals surface area contributed by atoms with Gasteiger partial charge in [-0.2, -0.15) is 0 Å². The summed E-state index contributed by atoms with van der Waals surface area (Å²) >= 11 is 8.72. The third kappa shape index (κ3) is 2.39. The second-order valence-corrected chi connectivity index (χ2v) is 4.56. The molecule has 1 aromatic rings. The average molecular weight is 394 g/mol. The summed E-state index contributed by atoms with van der Waals surface area (Å²) in [4.78, 5) is 0. The van der Waals surface area contributed by atoms with Crippen LogP contribution >= 0.6 is 54.5 Å². The van der Waals surface area contributed by atoms with Gasteiger partial charge in [-0.05, 0) is 40.3 Å². The quantitative estimate of drug-likeness (QED) is 0.498. The van der Waals surface area contributed by atoms with Gasteiger partial charge < -0.3 is 0 Å². The van der Waals surface area contributed by atoms with Crippen molar-refractivity contribution in [3.05, 3.63) is 31.6 Å². The lowest BCUT2D eigenvalue weighted by Gasteiger charge is -2.02. The van der Waals surface area contributed by atoms with Crippen molar-refractivity contribution in [3.8, 4) is 0 Å². The molecule has 0 unspecified atom stereocenters. The molecule has 11 heavy (non-hydrogen) atoms. The highest BCUT2D eigenvalue weighted by Gasteiger charge is 2.05. The van der Waals surface area contributed by atoms with Crippen molar-refractivity contribution in [1.82, 2.24) is 0 Å². The van der Waals surface area contributed by atoms with Gasteiger partial charge in [0.05, 0.1) is 0 Å². The van der Waals surface area contributed by atoms with Crippen LogP contribution in [0.5, 0.6) is 0 Å². The van der Waals surface area contributed by atoms with Crippen LogP contribution < -0.4 is 0 Å². The molecule has 4 heteroatoms. The van der Waals surface area contributed by atoms with Crippen molar-refractivity contribution in [1.29, 1.82) is 0 Å². The maximum absolute atomic E-state index is 12.7. The molecule has 0 spiro atoms. The summed E-state index contributed by atoms with van der Waals surface area (Å²) in [6.45, 7) is 0. The Morgan fingerprint density at radius 2 is 2.09 bits per heavy atom. The first-order chi connectivity index (χ1) is 5.15. The Hall–Kier alpha value is 0.840. The Balaban J connectivity index is 3.25. The molecule has 0 saturated carbocycles. The lowest BCUT2D eigenvalue weighted by molar-refractivity contribution is 0.625. The van der Waals surface area contributed by atoms with E-state index in [0.717, 1.165) is 18.9 Å². The van der Waals surface area contributed by atoms with Crippen molar-refractivity contribution in [2.75, 3.05) is 0 Å².